The highest BCUT2D eigenvalue weighted by Crippen LogP contribution is 2.34. The number of thiazole rings is 1. The van der Waals surface area contributed by atoms with Crippen LogP contribution in [0.4, 0.5) is 4.39 Å². The Morgan fingerprint density at radius 2 is 2.00 bits per heavy atom. The zero-order valence-corrected chi connectivity index (χ0v) is 19.9. The van der Waals surface area contributed by atoms with Gasteiger partial charge in [0.15, 0.2) is 16.4 Å². The second kappa shape index (κ2) is 8.00. The monoisotopic (exact) mass is 491 g/mol. The highest BCUT2D eigenvalue weighted by molar-refractivity contribution is 7.16. The van der Waals surface area contributed by atoms with Crippen LogP contribution in [0.1, 0.15) is 24.5 Å². The van der Waals surface area contributed by atoms with Gasteiger partial charge in [0.1, 0.15) is 22.9 Å². The molecule has 0 amide bonds. The molecular weight excluding hydrogens is 473 g/mol. The van der Waals surface area contributed by atoms with Crippen molar-refractivity contribution in [3.05, 3.63) is 70.9 Å². The number of aromatic nitrogens is 5. The Kier molecular flexibility index (Phi) is 4.93. The average Bonchev–Trinajstić information content (AvgIpc) is 3.59. The minimum atomic E-state index is -1.51. The first-order valence-corrected chi connectivity index (χ1v) is 12.2. The normalized spacial score (nSPS) is 12.1. The van der Waals surface area contributed by atoms with Crippen molar-refractivity contribution in [2.24, 2.45) is 0 Å². The third kappa shape index (κ3) is 3.84. The molecule has 6 aromatic rings. The van der Waals surface area contributed by atoms with E-state index in [0.717, 1.165) is 21.7 Å². The molecule has 1 aromatic carbocycles. The van der Waals surface area contributed by atoms with Crippen molar-refractivity contribution in [1.29, 1.82) is 0 Å². The predicted molar refractivity (Wildman–Crippen MR) is 130 cm³/mol. The van der Waals surface area contributed by atoms with Crippen molar-refractivity contribution >= 4 is 38.6 Å². The summed E-state index contributed by atoms with van der Waals surface area (Å²) in [7, 11) is 0. The summed E-state index contributed by atoms with van der Waals surface area (Å²) in [5.74, 6) is 1.02. The zero-order chi connectivity index (χ0) is 23.3. The summed E-state index contributed by atoms with van der Waals surface area (Å²) in [6.45, 7) is 3.25. The van der Waals surface area contributed by atoms with E-state index in [4.69, 9.17) is 9.15 Å². The lowest BCUT2D eigenvalue weighted by molar-refractivity contribution is 0.219. The Morgan fingerprint density at radius 1 is 1.15 bits per heavy atom. The van der Waals surface area contributed by atoms with Crippen LogP contribution in [0.3, 0.4) is 0 Å². The first kappa shape index (κ1) is 20.9. The third-order valence-electron chi connectivity index (χ3n) is 5.14. The maximum Gasteiger partial charge on any atom is 0.225 e. The Balaban J connectivity index is 1.25. The van der Waals surface area contributed by atoms with Gasteiger partial charge in [-0.3, -0.25) is 0 Å². The average molecular weight is 492 g/mol. The van der Waals surface area contributed by atoms with Crippen LogP contribution in [-0.2, 0) is 12.3 Å². The number of rotatable bonds is 6. The summed E-state index contributed by atoms with van der Waals surface area (Å²) in [5, 5.41) is 8.36. The van der Waals surface area contributed by atoms with Crippen LogP contribution in [0.25, 0.3) is 38.0 Å². The van der Waals surface area contributed by atoms with Gasteiger partial charge in [-0.25, -0.2) is 23.9 Å². The highest BCUT2D eigenvalue weighted by atomic mass is 32.1. The number of hydrogen-bond acceptors (Lipinski definition) is 8. The van der Waals surface area contributed by atoms with Crippen LogP contribution in [0, 0.1) is 0 Å². The van der Waals surface area contributed by atoms with Crippen molar-refractivity contribution in [2.75, 3.05) is 0 Å². The molecule has 0 aliphatic rings. The number of ether oxygens (including phenoxy) is 1. The summed E-state index contributed by atoms with van der Waals surface area (Å²) < 4.78 is 27.8. The molecule has 0 bridgehead atoms. The number of nitrogens with zero attached hydrogens (tertiary/aromatic N) is 5. The molecule has 0 saturated carbocycles. The number of imidazole rings is 1. The molecule has 0 atom stereocenters. The molecule has 170 valence electrons. The molecule has 5 heterocycles. The number of pyridine rings is 1. The second-order valence-corrected chi connectivity index (χ2v) is 9.98. The van der Waals surface area contributed by atoms with Crippen molar-refractivity contribution in [3.8, 4) is 27.9 Å². The second-order valence-electron chi connectivity index (χ2n) is 8.17. The molecule has 6 rings (SSSR count). The maximum absolute atomic E-state index is 14.2. The lowest BCUT2D eigenvalue weighted by Gasteiger charge is -2.07. The summed E-state index contributed by atoms with van der Waals surface area (Å²) in [6.07, 6.45) is 3.37. The van der Waals surface area contributed by atoms with Crippen LogP contribution >= 0.6 is 22.7 Å². The Bertz CT molecular complexity index is 1580. The summed E-state index contributed by atoms with van der Waals surface area (Å²) in [6, 6.07) is 13.7. The summed E-state index contributed by atoms with van der Waals surface area (Å²) in [4.78, 5) is 14.2. The molecule has 0 unspecified atom stereocenters. The van der Waals surface area contributed by atoms with E-state index in [0.29, 0.717) is 39.5 Å². The zero-order valence-electron chi connectivity index (χ0n) is 18.2. The molecule has 5 aromatic heterocycles. The van der Waals surface area contributed by atoms with Gasteiger partial charge < -0.3 is 9.15 Å². The predicted octanol–water partition coefficient (Wildman–Crippen LogP) is 6.51. The van der Waals surface area contributed by atoms with E-state index in [2.05, 4.69) is 20.1 Å². The first-order valence-electron chi connectivity index (χ1n) is 10.5. The van der Waals surface area contributed by atoms with Gasteiger partial charge >= 0.3 is 0 Å². The van der Waals surface area contributed by atoms with Gasteiger partial charge in [-0.1, -0.05) is 41.7 Å². The van der Waals surface area contributed by atoms with Crippen LogP contribution < -0.4 is 4.74 Å². The van der Waals surface area contributed by atoms with E-state index in [1.165, 1.54) is 25.2 Å². The van der Waals surface area contributed by atoms with Crippen LogP contribution in [0.5, 0.6) is 5.88 Å². The quantitative estimate of drug-likeness (QED) is 0.264. The molecule has 0 aliphatic heterocycles. The standard InChI is InChI=1S/C24H18FN5O2S2/c1-24(2,25)22-29-30-11-17(28-23(30)34-22)19-10-16-18(32-19)8-9-26-20(16)31-12-15-13-33-21(27-15)14-6-4-3-5-7-14/h3-11,13H,12H2,1-2H3. The SMILES string of the molecule is CC(C)(F)c1nn2cc(-c3cc4c(OCc5csc(-c6ccccc6)n5)nccc4o3)nc2s1. The fourth-order valence-electron chi connectivity index (χ4n) is 3.47. The number of fused-ring (bicyclic) bond motifs is 2. The molecule has 0 spiro atoms. The van der Waals surface area contributed by atoms with Gasteiger partial charge in [-0.05, 0) is 19.9 Å². The Labute approximate surface area is 201 Å². The fraction of sp³-hybridized carbons (Fsp3) is 0.167. The summed E-state index contributed by atoms with van der Waals surface area (Å²) >= 11 is 2.80. The molecule has 0 fully saturated rings. The third-order valence-corrected chi connectivity index (χ3v) is 7.30. The minimum absolute atomic E-state index is 0.294. The van der Waals surface area contributed by atoms with E-state index >= 15 is 0 Å². The lowest BCUT2D eigenvalue weighted by Crippen LogP contribution is -2.08. The van der Waals surface area contributed by atoms with Gasteiger partial charge in [0.05, 0.1) is 17.3 Å². The van der Waals surface area contributed by atoms with Crippen molar-refractivity contribution < 1.29 is 13.5 Å². The first-order chi connectivity index (χ1) is 16.4. The molecule has 0 saturated heterocycles. The number of hydrogen-bond donors (Lipinski definition) is 0. The smallest absolute Gasteiger partial charge is 0.225 e. The van der Waals surface area contributed by atoms with Crippen LogP contribution in [0.2, 0.25) is 0 Å². The van der Waals surface area contributed by atoms with E-state index in [1.54, 1.807) is 34.3 Å². The summed E-state index contributed by atoms with van der Waals surface area (Å²) in [5.41, 5.74) is 1.64. The van der Waals surface area contributed by atoms with Crippen LogP contribution in [-0.4, -0.2) is 24.6 Å². The van der Waals surface area contributed by atoms with Crippen molar-refractivity contribution in [3.63, 3.8) is 0 Å². The number of halogens is 1. The van der Waals surface area contributed by atoms with Crippen LogP contribution in [0.15, 0.2) is 64.7 Å². The van der Waals surface area contributed by atoms with Crippen molar-refractivity contribution in [1.82, 2.24) is 24.6 Å². The molecule has 0 radical (unpaired) electrons. The Hall–Kier alpha value is -3.63. The molecule has 7 nitrogen and oxygen atoms in total. The number of alkyl halides is 1. The van der Waals surface area contributed by atoms with Crippen molar-refractivity contribution in [2.45, 2.75) is 26.1 Å². The van der Waals surface area contributed by atoms with E-state index in [9.17, 15) is 4.39 Å². The topological polar surface area (TPSA) is 78.3 Å². The molecule has 10 heteroatoms. The van der Waals surface area contributed by atoms with Gasteiger partial charge in [-0.2, -0.15) is 5.10 Å². The molecule has 34 heavy (non-hydrogen) atoms. The van der Waals surface area contributed by atoms with E-state index < -0.39 is 5.67 Å². The van der Waals surface area contributed by atoms with Gasteiger partial charge in [0, 0.05) is 23.2 Å². The number of furan rings is 1. The van der Waals surface area contributed by atoms with E-state index in [-0.39, 0.29) is 0 Å². The van der Waals surface area contributed by atoms with Gasteiger partial charge in [-0.15, -0.1) is 11.3 Å². The molecular formula is C24H18FN5O2S2. The minimum Gasteiger partial charge on any atom is -0.471 e. The van der Waals surface area contributed by atoms with E-state index in [1.807, 2.05) is 41.8 Å². The largest absolute Gasteiger partial charge is 0.471 e. The Morgan fingerprint density at radius 3 is 2.79 bits per heavy atom. The lowest BCUT2D eigenvalue weighted by atomic mass is 10.2. The molecule has 0 N–H and O–H groups in total. The van der Waals surface area contributed by atoms with Gasteiger partial charge in [0.25, 0.3) is 0 Å². The molecule has 0 aliphatic carbocycles. The fourth-order valence-corrected chi connectivity index (χ4v) is 5.15. The van der Waals surface area contributed by atoms with Gasteiger partial charge in [0.2, 0.25) is 10.8 Å². The number of benzene rings is 1. The maximum atomic E-state index is 14.2. The highest BCUT2D eigenvalue weighted by Gasteiger charge is 2.25.